The highest BCUT2D eigenvalue weighted by atomic mass is 15.0. The van der Waals surface area contributed by atoms with E-state index in [0.717, 1.165) is 0 Å². The second kappa shape index (κ2) is 12.8. The van der Waals surface area contributed by atoms with Crippen molar-refractivity contribution >= 4 is 86.7 Å². The van der Waals surface area contributed by atoms with Gasteiger partial charge in [-0.1, -0.05) is 164 Å². The molecule has 11 aromatic carbocycles. The van der Waals surface area contributed by atoms with Crippen LogP contribution in [0, 0.1) is 0 Å². The first-order valence-electron chi connectivity index (χ1n) is 20.8. The first-order valence-corrected chi connectivity index (χ1v) is 20.8. The van der Waals surface area contributed by atoms with Gasteiger partial charge in [-0.2, -0.15) is 0 Å². The van der Waals surface area contributed by atoms with E-state index >= 15 is 0 Å². The summed E-state index contributed by atoms with van der Waals surface area (Å²) in [5.41, 5.74) is 12.1. The lowest BCUT2D eigenvalue weighted by atomic mass is 9.94. The molecule has 0 fully saturated rings. The molecule has 278 valence electrons. The summed E-state index contributed by atoms with van der Waals surface area (Å²) < 4.78 is 4.87. The van der Waals surface area contributed by atoms with Crippen LogP contribution in [-0.2, 0) is 0 Å². The van der Waals surface area contributed by atoms with Gasteiger partial charge in [0, 0.05) is 38.3 Å². The monoisotopic (exact) mass is 760 g/mol. The van der Waals surface area contributed by atoms with Gasteiger partial charge in [-0.05, 0) is 115 Å². The molecule has 60 heavy (non-hydrogen) atoms. The van der Waals surface area contributed by atoms with Gasteiger partial charge in [-0.25, -0.2) is 0 Å². The van der Waals surface area contributed by atoms with E-state index in [0.29, 0.717) is 0 Å². The minimum Gasteiger partial charge on any atom is -0.309 e. The van der Waals surface area contributed by atoms with Gasteiger partial charge < -0.3 is 9.13 Å². The van der Waals surface area contributed by atoms with E-state index in [4.69, 9.17) is 0 Å². The van der Waals surface area contributed by atoms with Crippen molar-refractivity contribution in [2.45, 2.75) is 0 Å². The molecule has 0 unspecified atom stereocenters. The summed E-state index contributed by atoms with van der Waals surface area (Å²) in [6, 6.07) is 80.5. The van der Waals surface area contributed by atoms with Gasteiger partial charge in [0.25, 0.3) is 0 Å². The van der Waals surface area contributed by atoms with Gasteiger partial charge in [0.15, 0.2) is 0 Å². The molecular weight excluding hydrogens is 725 g/mol. The molecule has 2 aromatic heterocycles. The lowest BCUT2D eigenvalue weighted by Gasteiger charge is -2.14. The van der Waals surface area contributed by atoms with Crippen molar-refractivity contribution in [1.29, 1.82) is 0 Å². The third-order valence-electron chi connectivity index (χ3n) is 12.9. The van der Waals surface area contributed by atoms with Gasteiger partial charge in [0.2, 0.25) is 0 Å². The largest absolute Gasteiger partial charge is 0.309 e. The number of para-hydroxylation sites is 2. The van der Waals surface area contributed by atoms with Gasteiger partial charge in [-0.3, -0.25) is 0 Å². The van der Waals surface area contributed by atoms with Crippen molar-refractivity contribution in [2.75, 3.05) is 0 Å². The van der Waals surface area contributed by atoms with E-state index in [-0.39, 0.29) is 0 Å². The molecule has 0 N–H and O–H groups in total. The van der Waals surface area contributed by atoms with Crippen LogP contribution in [0.5, 0.6) is 0 Å². The molecule has 2 heterocycles. The Morgan fingerprint density at radius 1 is 0.217 bits per heavy atom. The van der Waals surface area contributed by atoms with Crippen LogP contribution in [0.1, 0.15) is 0 Å². The molecule has 0 amide bonds. The minimum atomic E-state index is 1.17. The van der Waals surface area contributed by atoms with Crippen molar-refractivity contribution in [1.82, 2.24) is 9.13 Å². The number of aromatic nitrogens is 2. The highest BCUT2D eigenvalue weighted by molar-refractivity contribution is 6.26. The molecule has 2 nitrogen and oxygen atoms in total. The van der Waals surface area contributed by atoms with E-state index < -0.39 is 0 Å². The number of fused-ring (bicyclic) bond motifs is 14. The van der Waals surface area contributed by atoms with Crippen molar-refractivity contribution < 1.29 is 0 Å². The van der Waals surface area contributed by atoms with Crippen LogP contribution >= 0.6 is 0 Å². The molecule has 2 heteroatoms. The van der Waals surface area contributed by atoms with Crippen LogP contribution in [0.2, 0.25) is 0 Å². The van der Waals surface area contributed by atoms with Crippen LogP contribution in [-0.4, -0.2) is 9.13 Å². The maximum Gasteiger partial charge on any atom is 0.0619 e. The number of hydrogen-bond acceptors (Lipinski definition) is 0. The average Bonchev–Trinajstić information content (AvgIpc) is 3.84. The second-order valence-electron chi connectivity index (χ2n) is 16.1. The maximum absolute atomic E-state index is 2.49. The zero-order chi connectivity index (χ0) is 39.3. The standard InChI is InChI=1S/C58H36N2/c1-2-13-42(14-3-1)59-55-21-11-10-20-50(55)53-34-40(27-32-56(53)59)37-22-24-38(25-23-37)41-28-33-57-54(35-41)51-30-26-39-12-4-5-15-44(39)58(51)60(57)43-29-31-49-47-18-7-6-16-45(47)46-17-8-9-19-48(46)52(49)36-43/h1-36H. The number of nitrogens with zero attached hydrogens (tertiary/aromatic N) is 2. The zero-order valence-corrected chi connectivity index (χ0v) is 32.7. The van der Waals surface area contributed by atoms with Gasteiger partial charge >= 0.3 is 0 Å². The second-order valence-corrected chi connectivity index (χ2v) is 16.1. The van der Waals surface area contributed by atoms with Gasteiger partial charge in [0.05, 0.1) is 22.1 Å². The minimum absolute atomic E-state index is 1.17. The quantitative estimate of drug-likeness (QED) is 0.158. The fourth-order valence-electron chi connectivity index (χ4n) is 10.1. The molecule has 0 radical (unpaired) electrons. The molecular formula is C58H36N2. The van der Waals surface area contributed by atoms with Gasteiger partial charge in [0.1, 0.15) is 0 Å². The lowest BCUT2D eigenvalue weighted by molar-refractivity contribution is 1.18. The van der Waals surface area contributed by atoms with Crippen LogP contribution in [0.3, 0.4) is 0 Å². The molecule has 0 saturated carbocycles. The predicted molar refractivity (Wildman–Crippen MR) is 256 cm³/mol. The van der Waals surface area contributed by atoms with Crippen molar-refractivity contribution in [3.63, 3.8) is 0 Å². The third kappa shape index (κ3) is 4.82. The topological polar surface area (TPSA) is 9.86 Å². The van der Waals surface area contributed by atoms with E-state index in [1.807, 2.05) is 0 Å². The summed E-state index contributed by atoms with van der Waals surface area (Å²) in [6.45, 7) is 0. The van der Waals surface area contributed by atoms with E-state index in [9.17, 15) is 0 Å². The average molecular weight is 761 g/mol. The summed E-state index contributed by atoms with van der Waals surface area (Å²) in [5.74, 6) is 0. The molecule has 13 rings (SSSR count). The summed E-state index contributed by atoms with van der Waals surface area (Å²) in [5, 5.41) is 15.2. The first-order chi connectivity index (χ1) is 29.8. The van der Waals surface area contributed by atoms with Gasteiger partial charge in [-0.15, -0.1) is 0 Å². The highest BCUT2D eigenvalue weighted by Crippen LogP contribution is 2.42. The lowest BCUT2D eigenvalue weighted by Crippen LogP contribution is -1.95. The zero-order valence-electron chi connectivity index (χ0n) is 32.7. The molecule has 0 atom stereocenters. The SMILES string of the molecule is c1ccc(-n2c3ccccc3c3cc(-c4ccc(-c5ccc6c(c5)c5ccc7ccccc7c5n6-c5ccc6c7ccccc7c7ccccc7c6c5)cc4)ccc32)cc1. The van der Waals surface area contributed by atoms with E-state index in [2.05, 4.69) is 228 Å². The molecule has 0 aliphatic carbocycles. The van der Waals surface area contributed by atoms with Crippen LogP contribution in [0.15, 0.2) is 218 Å². The molecule has 0 aliphatic heterocycles. The molecule has 0 aliphatic rings. The molecule has 13 aromatic rings. The summed E-state index contributed by atoms with van der Waals surface area (Å²) in [7, 11) is 0. The number of rotatable bonds is 4. The Hall–Kier alpha value is -7.94. The van der Waals surface area contributed by atoms with Crippen LogP contribution in [0.4, 0.5) is 0 Å². The Morgan fingerprint density at radius 2 is 0.683 bits per heavy atom. The number of benzene rings is 11. The molecule has 0 bridgehead atoms. The van der Waals surface area contributed by atoms with E-state index in [1.54, 1.807) is 0 Å². The van der Waals surface area contributed by atoms with Crippen molar-refractivity contribution in [2.24, 2.45) is 0 Å². The van der Waals surface area contributed by atoms with Crippen molar-refractivity contribution in [3.05, 3.63) is 218 Å². The van der Waals surface area contributed by atoms with Crippen LogP contribution < -0.4 is 0 Å². The Morgan fingerprint density at radius 3 is 1.35 bits per heavy atom. The predicted octanol–water partition coefficient (Wildman–Crippen LogP) is 15.8. The molecule has 0 saturated heterocycles. The summed E-state index contributed by atoms with van der Waals surface area (Å²) >= 11 is 0. The Bertz CT molecular complexity index is 3830. The Labute approximate surface area is 346 Å². The van der Waals surface area contributed by atoms with Crippen molar-refractivity contribution in [3.8, 4) is 33.6 Å². The number of hydrogen-bond donors (Lipinski definition) is 0. The summed E-state index contributed by atoms with van der Waals surface area (Å²) in [4.78, 5) is 0. The third-order valence-corrected chi connectivity index (χ3v) is 12.9. The first kappa shape index (κ1) is 33.1. The Kier molecular flexibility index (Phi) is 7.05. The normalized spacial score (nSPS) is 12.0. The van der Waals surface area contributed by atoms with Crippen LogP contribution in [0.25, 0.3) is 120 Å². The highest BCUT2D eigenvalue weighted by Gasteiger charge is 2.18. The summed E-state index contributed by atoms with van der Waals surface area (Å²) in [6.07, 6.45) is 0. The maximum atomic E-state index is 2.49. The Balaban J connectivity index is 0.955. The fraction of sp³-hybridized carbons (Fsp3) is 0. The van der Waals surface area contributed by atoms with E-state index in [1.165, 1.54) is 120 Å². The fourth-order valence-corrected chi connectivity index (χ4v) is 10.1. The molecule has 0 spiro atoms. The smallest absolute Gasteiger partial charge is 0.0619 e.